The van der Waals surface area contributed by atoms with Crippen LogP contribution in [-0.4, -0.2) is 27.1 Å². The van der Waals surface area contributed by atoms with Crippen LogP contribution in [0.3, 0.4) is 0 Å². The molecule has 1 unspecified atom stereocenters. The third-order valence-electron chi connectivity index (χ3n) is 5.25. The Morgan fingerprint density at radius 2 is 1.64 bits per heavy atom. The molecule has 0 aliphatic rings. The molecular formula is C19H32O2Si. The fraction of sp³-hybridized carbons (Fsp3) is 0.632. The van der Waals surface area contributed by atoms with Crippen LogP contribution in [0.15, 0.2) is 30.3 Å². The van der Waals surface area contributed by atoms with Gasteiger partial charge in [-0.05, 0) is 11.6 Å². The van der Waals surface area contributed by atoms with Gasteiger partial charge in [0.1, 0.15) is 5.78 Å². The Labute approximate surface area is 137 Å². The van der Waals surface area contributed by atoms with Crippen molar-refractivity contribution < 1.29 is 9.53 Å². The molecule has 124 valence electrons. The van der Waals surface area contributed by atoms with Gasteiger partial charge in [-0.25, -0.2) is 0 Å². The maximum absolute atomic E-state index is 12.2. The van der Waals surface area contributed by atoms with Gasteiger partial charge in [0.25, 0.3) is 0 Å². The van der Waals surface area contributed by atoms with E-state index in [1.54, 1.807) is 0 Å². The minimum absolute atomic E-state index is 0.104. The second kappa shape index (κ2) is 9.96. The summed E-state index contributed by atoms with van der Waals surface area (Å²) in [7, 11) is -1.11. The normalized spacial score (nSPS) is 13.1. The zero-order valence-corrected chi connectivity index (χ0v) is 15.7. The lowest BCUT2D eigenvalue weighted by Gasteiger charge is -2.28. The zero-order chi connectivity index (χ0) is 16.4. The Morgan fingerprint density at radius 1 is 1.05 bits per heavy atom. The predicted octanol–water partition coefficient (Wildman–Crippen LogP) is 5.27. The third kappa shape index (κ3) is 5.36. The molecular weight excluding hydrogens is 288 g/mol. The van der Waals surface area contributed by atoms with E-state index in [2.05, 4.69) is 20.8 Å². The number of ketones is 1. The summed E-state index contributed by atoms with van der Waals surface area (Å²) in [5.74, 6) is 0.170. The lowest BCUT2D eigenvalue weighted by Crippen LogP contribution is -2.33. The SMILES string of the molecule is CCC(=O)C(COCC[Si](CC)(CC)CC)c1ccccc1. The van der Waals surface area contributed by atoms with Crippen molar-refractivity contribution in [3.05, 3.63) is 35.9 Å². The van der Waals surface area contributed by atoms with Crippen molar-refractivity contribution in [1.82, 2.24) is 0 Å². The summed E-state index contributed by atoms with van der Waals surface area (Å²) in [6.07, 6.45) is 0.570. The lowest BCUT2D eigenvalue weighted by atomic mass is 9.94. The van der Waals surface area contributed by atoms with E-state index in [4.69, 9.17) is 4.74 Å². The van der Waals surface area contributed by atoms with E-state index in [-0.39, 0.29) is 11.7 Å². The van der Waals surface area contributed by atoms with Gasteiger partial charge in [0, 0.05) is 13.0 Å². The third-order valence-corrected chi connectivity index (χ3v) is 11.0. The Balaban J connectivity index is 2.57. The van der Waals surface area contributed by atoms with Crippen molar-refractivity contribution in [2.45, 2.75) is 64.2 Å². The molecule has 0 fully saturated rings. The van der Waals surface area contributed by atoms with Gasteiger partial charge in [-0.15, -0.1) is 0 Å². The van der Waals surface area contributed by atoms with Crippen LogP contribution in [0.4, 0.5) is 0 Å². The number of ether oxygens (including phenoxy) is 1. The van der Waals surface area contributed by atoms with Crippen LogP contribution in [0, 0.1) is 0 Å². The number of rotatable bonds is 11. The Kier molecular flexibility index (Phi) is 8.65. The zero-order valence-electron chi connectivity index (χ0n) is 14.7. The van der Waals surface area contributed by atoms with E-state index < -0.39 is 8.07 Å². The number of carbonyl (C=O) groups excluding carboxylic acids is 1. The average Bonchev–Trinajstić information content (AvgIpc) is 2.59. The number of Topliss-reactive ketones (excluding diaryl/α,β-unsaturated/α-hetero) is 1. The van der Waals surface area contributed by atoms with Gasteiger partial charge in [-0.2, -0.15) is 0 Å². The number of hydrogen-bond donors (Lipinski definition) is 0. The van der Waals surface area contributed by atoms with Gasteiger partial charge in [-0.1, -0.05) is 76.2 Å². The first-order chi connectivity index (χ1) is 10.6. The average molecular weight is 321 g/mol. The van der Waals surface area contributed by atoms with Crippen molar-refractivity contribution in [1.29, 1.82) is 0 Å². The first-order valence-electron chi connectivity index (χ1n) is 8.77. The fourth-order valence-electron chi connectivity index (χ4n) is 3.08. The van der Waals surface area contributed by atoms with Gasteiger partial charge < -0.3 is 4.74 Å². The molecule has 1 aromatic rings. The molecule has 0 heterocycles. The van der Waals surface area contributed by atoms with Gasteiger partial charge in [0.15, 0.2) is 0 Å². The van der Waals surface area contributed by atoms with E-state index in [0.717, 1.165) is 12.2 Å². The summed E-state index contributed by atoms with van der Waals surface area (Å²) in [6.45, 7) is 10.2. The predicted molar refractivity (Wildman–Crippen MR) is 97.3 cm³/mol. The largest absolute Gasteiger partial charge is 0.381 e. The quantitative estimate of drug-likeness (QED) is 0.410. The molecule has 0 aromatic heterocycles. The van der Waals surface area contributed by atoms with Crippen LogP contribution < -0.4 is 0 Å². The maximum atomic E-state index is 12.2. The molecule has 0 aliphatic carbocycles. The van der Waals surface area contributed by atoms with E-state index in [9.17, 15) is 4.79 Å². The van der Waals surface area contributed by atoms with E-state index in [1.807, 2.05) is 37.3 Å². The van der Waals surface area contributed by atoms with Crippen LogP contribution in [0.25, 0.3) is 0 Å². The van der Waals surface area contributed by atoms with Crippen LogP contribution in [0.1, 0.15) is 45.6 Å². The van der Waals surface area contributed by atoms with Crippen LogP contribution in [0.2, 0.25) is 24.2 Å². The Hall–Kier alpha value is -0.933. The second-order valence-corrected chi connectivity index (χ2v) is 11.8. The molecule has 0 bridgehead atoms. The molecule has 0 N–H and O–H groups in total. The van der Waals surface area contributed by atoms with Crippen LogP contribution in [-0.2, 0) is 9.53 Å². The lowest BCUT2D eigenvalue weighted by molar-refractivity contribution is -0.121. The van der Waals surface area contributed by atoms with Crippen molar-refractivity contribution in [2.75, 3.05) is 13.2 Å². The molecule has 2 nitrogen and oxygen atoms in total. The van der Waals surface area contributed by atoms with Crippen molar-refractivity contribution in [2.24, 2.45) is 0 Å². The van der Waals surface area contributed by atoms with Crippen molar-refractivity contribution >= 4 is 13.9 Å². The molecule has 0 saturated carbocycles. The van der Waals surface area contributed by atoms with E-state index >= 15 is 0 Å². The fourth-order valence-corrected chi connectivity index (χ4v) is 6.22. The molecule has 0 radical (unpaired) electrons. The molecule has 0 saturated heterocycles. The van der Waals surface area contributed by atoms with Gasteiger partial charge in [0.2, 0.25) is 0 Å². The highest BCUT2D eigenvalue weighted by molar-refractivity contribution is 6.79. The maximum Gasteiger partial charge on any atom is 0.142 e. The molecule has 22 heavy (non-hydrogen) atoms. The number of carbonyl (C=O) groups is 1. The molecule has 0 spiro atoms. The highest BCUT2D eigenvalue weighted by atomic mass is 28.3. The Morgan fingerprint density at radius 3 is 2.14 bits per heavy atom. The highest BCUT2D eigenvalue weighted by Crippen LogP contribution is 2.25. The summed E-state index contributed by atoms with van der Waals surface area (Å²) in [5.41, 5.74) is 1.08. The summed E-state index contributed by atoms with van der Waals surface area (Å²) in [4.78, 5) is 12.2. The second-order valence-electron chi connectivity index (χ2n) is 6.17. The standard InChI is InChI=1S/C19H32O2Si/c1-5-19(20)18(17-12-10-9-11-13-17)16-21-14-15-22(6-2,7-3)8-4/h9-13,18H,5-8,14-16H2,1-4H3. The van der Waals surface area contributed by atoms with Crippen LogP contribution >= 0.6 is 0 Å². The summed E-state index contributed by atoms with van der Waals surface area (Å²) < 4.78 is 5.95. The van der Waals surface area contributed by atoms with Crippen molar-refractivity contribution in [3.8, 4) is 0 Å². The monoisotopic (exact) mass is 320 g/mol. The summed E-state index contributed by atoms with van der Waals surface area (Å²) >= 11 is 0. The summed E-state index contributed by atoms with van der Waals surface area (Å²) in [6, 6.07) is 15.3. The topological polar surface area (TPSA) is 26.3 Å². The Bertz CT molecular complexity index is 418. The van der Waals surface area contributed by atoms with Crippen LogP contribution in [0.5, 0.6) is 0 Å². The smallest absolute Gasteiger partial charge is 0.142 e. The minimum Gasteiger partial charge on any atom is -0.381 e. The first kappa shape index (κ1) is 19.1. The summed E-state index contributed by atoms with van der Waals surface area (Å²) in [5, 5.41) is 0. The molecule has 0 amide bonds. The first-order valence-corrected chi connectivity index (χ1v) is 11.6. The number of hydrogen-bond acceptors (Lipinski definition) is 2. The number of benzene rings is 1. The van der Waals surface area contributed by atoms with Gasteiger partial charge in [-0.3, -0.25) is 4.79 Å². The molecule has 1 rings (SSSR count). The van der Waals surface area contributed by atoms with Gasteiger partial charge >= 0.3 is 0 Å². The van der Waals surface area contributed by atoms with E-state index in [1.165, 1.54) is 24.2 Å². The minimum atomic E-state index is -1.11. The molecule has 3 heteroatoms. The van der Waals surface area contributed by atoms with Gasteiger partial charge in [0.05, 0.1) is 20.6 Å². The highest BCUT2D eigenvalue weighted by Gasteiger charge is 2.26. The van der Waals surface area contributed by atoms with Crippen molar-refractivity contribution in [3.63, 3.8) is 0 Å². The molecule has 1 aromatic carbocycles. The molecule has 0 aliphatic heterocycles. The molecule has 1 atom stereocenters. The van der Waals surface area contributed by atoms with E-state index in [0.29, 0.717) is 13.0 Å².